The molecule has 28 nitrogen and oxygen atoms in total. The average molecular weight is 2070 g/mol. The molecule has 6 aromatic carbocycles. The minimum atomic E-state index is -4.69. The molecule has 7 aromatic heterocycles. The Kier molecular flexibility index (Phi) is 37.7. The number of fused-ring (bicyclic) bond motifs is 3. The van der Waals surface area contributed by atoms with Crippen LogP contribution in [0.5, 0.6) is 34.5 Å². The van der Waals surface area contributed by atoms with Crippen molar-refractivity contribution in [3.63, 3.8) is 0 Å². The van der Waals surface area contributed by atoms with Gasteiger partial charge in [-0.15, -0.1) is 0 Å². The lowest BCUT2D eigenvalue weighted by Crippen LogP contribution is -2.31. The summed E-state index contributed by atoms with van der Waals surface area (Å²) in [5.41, 5.74) is -1.21. The summed E-state index contributed by atoms with van der Waals surface area (Å²) in [5.74, 6) is -2.15. The maximum Gasteiger partial charge on any atom is 0.488 e. The number of aryl methyl sites for hydroxylation is 3. The summed E-state index contributed by atoms with van der Waals surface area (Å²) >= 11 is 5.87. The molecule has 0 spiro atoms. The largest absolute Gasteiger partial charge is 0.507 e. The molecule has 1 aliphatic rings. The molecule has 137 heavy (non-hydrogen) atoms. The van der Waals surface area contributed by atoms with Crippen molar-refractivity contribution in [2.75, 3.05) is 99.3 Å². The first-order valence-electron chi connectivity index (χ1n) is 39.6. The van der Waals surface area contributed by atoms with Crippen LogP contribution in [-0.4, -0.2) is 170 Å². The number of nitrogens with zero attached hydrogens (tertiary/aromatic N) is 14. The molecule has 13 aromatic rings. The van der Waals surface area contributed by atoms with E-state index < -0.39 is 94.8 Å². The summed E-state index contributed by atoms with van der Waals surface area (Å²) in [6.45, 7) is 2.45. The number of rotatable bonds is 26. The number of ether oxygens (including phenoxy) is 10. The fourth-order valence-electron chi connectivity index (χ4n) is 12.4. The van der Waals surface area contributed by atoms with Crippen LogP contribution in [-0.2, 0) is 93.2 Å². The molecule has 4 N–H and O–H groups in total. The predicted octanol–water partition coefficient (Wildman–Crippen LogP) is 18.9. The number of alkyl halides is 18. The first-order valence-corrected chi connectivity index (χ1v) is 41.2. The highest BCUT2D eigenvalue weighted by molar-refractivity contribution is 9.10. The lowest BCUT2D eigenvalue weighted by molar-refractivity contribution is -0.140. The Hall–Kier alpha value is -13.2. The van der Waals surface area contributed by atoms with Crippen LogP contribution in [0.4, 0.5) is 84.8 Å². The third kappa shape index (κ3) is 29.9. The van der Waals surface area contributed by atoms with Gasteiger partial charge in [-0.1, -0.05) is 37.9 Å². The van der Waals surface area contributed by atoms with Crippen LogP contribution < -0.4 is 29.3 Å². The number of pyridine rings is 4. The third-order valence-electron chi connectivity index (χ3n) is 19.2. The quantitative estimate of drug-likeness (QED) is 0.0169. The van der Waals surface area contributed by atoms with Crippen molar-refractivity contribution in [1.82, 2.24) is 48.6 Å². The van der Waals surface area contributed by atoms with Crippen molar-refractivity contribution in [1.29, 1.82) is 15.8 Å². The van der Waals surface area contributed by atoms with Crippen LogP contribution >= 0.6 is 31.9 Å². The average Bonchev–Trinajstić information content (AvgIpc) is 1.66. The molecule has 0 amide bonds. The van der Waals surface area contributed by atoms with Gasteiger partial charge in [0.05, 0.1) is 126 Å². The zero-order chi connectivity index (χ0) is 100. The van der Waals surface area contributed by atoms with Gasteiger partial charge in [0.1, 0.15) is 81.7 Å². The van der Waals surface area contributed by atoms with Gasteiger partial charge in [0.2, 0.25) is 0 Å². The van der Waals surface area contributed by atoms with Crippen LogP contribution in [0.15, 0.2) is 174 Å². The Morgan fingerprint density at radius 2 is 0.708 bits per heavy atom. The Labute approximate surface area is 783 Å². The second-order valence-corrected chi connectivity index (χ2v) is 30.5. The van der Waals surface area contributed by atoms with Gasteiger partial charge in [0.15, 0.2) is 37.5 Å². The molecule has 0 atom stereocenters. The molecule has 0 saturated carbocycles. The number of imidazole rings is 3. The lowest BCUT2D eigenvalue weighted by Gasteiger charge is -2.18. The minimum absolute atomic E-state index is 0.0242. The van der Waals surface area contributed by atoms with Crippen LogP contribution in [0, 0.1) is 34.0 Å². The highest BCUT2D eigenvalue weighted by Crippen LogP contribution is 2.45. The standard InChI is InChI=1S/C25H21F3N6O.C19H17F3N4O3.C15H9F3N4O.C11H14BF3O5.C11H12BrF3O3.C7H4BrF3O/c1-33-15-31-24-20(13-29)32-19(12-21(24)33)17-4-5-22(18(11-17)25(26,27)28)35-14-16-6-7-30-23(10-16)34-8-2-3-9-34;1-26-10-24-18-15(9-23)25-14(8-16(18)26)12-3-4-17(13(7-12)19(20,21)22)29-11-28-6-5-27-2;1-22-7-20-14-11(6-19)21-10(5-12(14)22)8-2-3-13(23)9(4-8)15(16,17)18;1-18-4-5-19-7-20-10-3-2-8(12(16)17)6-9(10)11(13,14)15;1-16-4-5-17-7-18-10-3-2-8(12)6-9(10)11(13,14)15;8-4-1-2-6(12)5(3-4)7(9,10)11/h4-7,10-12,15H,2-3,8-9,14H2,1H3;3-4,7-8,10H,5-6,11H2,1-2H3;2-5,7,23H,1H3;2-3,6,16-17H,4-5,7H2,1H3;2-3,6H,4-5,7H2,1H3;1-3,12H. The van der Waals surface area contributed by atoms with E-state index in [0.29, 0.717) is 63.5 Å². The van der Waals surface area contributed by atoms with E-state index in [1.807, 2.05) is 24.3 Å². The second kappa shape index (κ2) is 48.0. The molecule has 49 heteroatoms. The van der Waals surface area contributed by atoms with E-state index in [0.717, 1.165) is 91.9 Å². The molecule has 1 fully saturated rings. The van der Waals surface area contributed by atoms with Crippen molar-refractivity contribution in [2.45, 2.75) is 56.5 Å². The lowest BCUT2D eigenvalue weighted by atomic mass is 9.79. The third-order valence-corrected chi connectivity index (χ3v) is 20.1. The maximum atomic E-state index is 14.0. The van der Waals surface area contributed by atoms with E-state index >= 15 is 0 Å². The monoisotopic (exact) mass is 2060 g/mol. The number of phenols is 2. The smallest absolute Gasteiger partial charge is 0.488 e. The van der Waals surface area contributed by atoms with Gasteiger partial charge in [-0.2, -0.15) is 94.8 Å². The zero-order valence-corrected chi connectivity index (χ0v) is 75.4. The van der Waals surface area contributed by atoms with Gasteiger partial charge in [-0.3, -0.25) is 0 Å². The van der Waals surface area contributed by atoms with E-state index in [1.54, 1.807) is 65.3 Å². The Morgan fingerprint density at radius 3 is 1.07 bits per heavy atom. The molecule has 14 rings (SSSR count). The van der Waals surface area contributed by atoms with Gasteiger partial charge in [-0.05, 0) is 157 Å². The number of phenolic OH excluding ortho intramolecular Hbond substituents is 2. The fraction of sp³-hybridized carbons (Fsp3) is 0.295. The van der Waals surface area contributed by atoms with Crippen molar-refractivity contribution in [3.05, 3.63) is 230 Å². The Morgan fingerprint density at radius 1 is 0.387 bits per heavy atom. The molecular formula is C88H77BBr2F18N14O14. The highest BCUT2D eigenvalue weighted by atomic mass is 79.9. The first-order chi connectivity index (χ1) is 64.7. The van der Waals surface area contributed by atoms with Crippen LogP contribution in [0.2, 0.25) is 0 Å². The topological polar surface area (TPSA) is 353 Å². The SMILES string of the molecule is COCCOCOc1ccc(-c2cc3c(ncn3C)c(C#N)n2)cc1C(F)(F)F.COCCOCOc1ccc(B(O)O)cc1C(F)(F)F.COCCOCOc1ccc(Br)cc1C(F)(F)F.Cn1cnc2c(C#N)nc(-c3ccc(O)c(C(F)(F)F)c3)cc21.Cn1cnc2c(C#N)nc(-c3ccc(OCc4ccnc(N5CCCC5)c4)c(C(F)(F)F)c3)cc21.Oc1ccc(Br)cc1C(F)(F)F. The number of aromatic hydroxyl groups is 2. The fourth-order valence-corrected chi connectivity index (χ4v) is 13.2. The van der Waals surface area contributed by atoms with Gasteiger partial charge in [0.25, 0.3) is 0 Å². The van der Waals surface area contributed by atoms with Gasteiger partial charge >= 0.3 is 44.2 Å². The van der Waals surface area contributed by atoms with Crippen molar-refractivity contribution >= 4 is 83.4 Å². The molecule has 0 radical (unpaired) electrons. The number of hydrogen-bond acceptors (Lipinski definition) is 25. The van der Waals surface area contributed by atoms with Crippen molar-refractivity contribution in [3.8, 4) is 86.5 Å². The van der Waals surface area contributed by atoms with Crippen LogP contribution in [0.25, 0.3) is 66.9 Å². The molecule has 1 saturated heterocycles. The number of aromatic nitrogens is 10. The Balaban J connectivity index is 0.000000189. The van der Waals surface area contributed by atoms with Crippen molar-refractivity contribution in [2.24, 2.45) is 21.1 Å². The molecule has 1 aliphatic heterocycles. The maximum absolute atomic E-state index is 14.0. The molecule has 0 aliphatic carbocycles. The van der Waals surface area contributed by atoms with Crippen LogP contribution in [0.3, 0.4) is 0 Å². The van der Waals surface area contributed by atoms with Gasteiger partial charge < -0.3 is 86.2 Å². The normalized spacial score (nSPS) is 12.2. The molecule has 0 bridgehead atoms. The summed E-state index contributed by atoms with van der Waals surface area (Å²) in [6, 6.07) is 34.2. The van der Waals surface area contributed by atoms with Crippen molar-refractivity contribution < 1.29 is 147 Å². The minimum Gasteiger partial charge on any atom is -0.507 e. The number of nitriles is 3. The molecule has 726 valence electrons. The number of benzene rings is 6. The first kappa shape index (κ1) is 108. The van der Waals surface area contributed by atoms with E-state index in [2.05, 4.69) is 71.6 Å². The predicted molar refractivity (Wildman–Crippen MR) is 464 cm³/mol. The molecule has 8 heterocycles. The second-order valence-electron chi connectivity index (χ2n) is 28.6. The van der Waals surface area contributed by atoms with Gasteiger partial charge in [0, 0.05) is 87.4 Å². The highest BCUT2D eigenvalue weighted by Gasteiger charge is 2.40. The number of hydrogen-bond donors (Lipinski definition) is 4. The molecule has 0 unspecified atom stereocenters. The summed E-state index contributed by atoms with van der Waals surface area (Å²) in [4.78, 5) is 31.3. The number of methoxy groups -OCH3 is 3. The number of anilines is 1. The van der Waals surface area contributed by atoms with E-state index in [9.17, 15) is 94.7 Å². The van der Waals surface area contributed by atoms with E-state index in [1.165, 1.54) is 88.8 Å². The van der Waals surface area contributed by atoms with Crippen LogP contribution in [0.1, 0.15) is 68.9 Å². The summed E-state index contributed by atoms with van der Waals surface area (Å²) in [5, 5.41) is 63.9. The summed E-state index contributed by atoms with van der Waals surface area (Å²) < 4.78 is 289. The zero-order valence-electron chi connectivity index (χ0n) is 72.3. The summed E-state index contributed by atoms with van der Waals surface area (Å²) in [6.07, 6.45) is -19.2. The van der Waals surface area contributed by atoms with E-state index in [-0.39, 0.29) is 125 Å². The Bertz CT molecular complexity index is 6420. The van der Waals surface area contributed by atoms with Gasteiger partial charge in [-0.25, -0.2) is 34.9 Å². The van der Waals surface area contributed by atoms with E-state index in [4.69, 9.17) is 67.8 Å². The molecular weight excluding hydrogens is 1990 g/mol. The number of halogens is 20. The summed E-state index contributed by atoms with van der Waals surface area (Å²) in [7, 11) is 7.64.